The first kappa shape index (κ1) is 15.6. The van der Waals surface area contributed by atoms with Gasteiger partial charge in [0.2, 0.25) is 5.82 Å². The summed E-state index contributed by atoms with van der Waals surface area (Å²) in [4.78, 5) is 10.1. The molecule has 0 amide bonds. The largest absolute Gasteiger partial charge is 0.375 e. The fourth-order valence-corrected chi connectivity index (χ4v) is 2.97. The third kappa shape index (κ3) is 3.66. The highest BCUT2D eigenvalue weighted by Crippen LogP contribution is 2.33. The van der Waals surface area contributed by atoms with Gasteiger partial charge in [0.15, 0.2) is 0 Å². The van der Waals surface area contributed by atoms with E-state index >= 15 is 0 Å². The minimum absolute atomic E-state index is 0.140. The Hall–Kier alpha value is -1.76. The van der Waals surface area contributed by atoms with E-state index in [-0.39, 0.29) is 24.2 Å². The van der Waals surface area contributed by atoms with E-state index in [0.717, 1.165) is 31.7 Å². The number of halogens is 2. The van der Waals surface area contributed by atoms with Crippen molar-refractivity contribution in [3.05, 3.63) is 33.9 Å². The summed E-state index contributed by atoms with van der Waals surface area (Å²) in [6, 6.07) is 1.25. The van der Waals surface area contributed by atoms with E-state index in [1.54, 1.807) is 0 Å². The van der Waals surface area contributed by atoms with Gasteiger partial charge in [-0.15, -0.1) is 0 Å². The Labute approximate surface area is 121 Å². The molecule has 1 aliphatic rings. The van der Waals surface area contributed by atoms with Crippen LogP contribution in [0.4, 0.5) is 20.2 Å². The SMILES string of the molecule is NCC(Nc1cc(F)cc(F)c1[N+](=O)[O-])C1CCCCC1. The third-order valence-corrected chi connectivity index (χ3v) is 4.02. The summed E-state index contributed by atoms with van der Waals surface area (Å²) < 4.78 is 26.9. The Bertz CT molecular complexity index is 519. The van der Waals surface area contributed by atoms with Crippen LogP contribution in [0.3, 0.4) is 0 Å². The molecule has 1 aliphatic carbocycles. The Balaban J connectivity index is 2.25. The van der Waals surface area contributed by atoms with E-state index in [4.69, 9.17) is 5.73 Å². The predicted molar refractivity (Wildman–Crippen MR) is 76.1 cm³/mol. The minimum atomic E-state index is -1.18. The molecule has 1 unspecified atom stereocenters. The van der Waals surface area contributed by atoms with E-state index in [1.165, 1.54) is 6.42 Å². The van der Waals surface area contributed by atoms with Gasteiger partial charge in [0, 0.05) is 24.7 Å². The van der Waals surface area contributed by atoms with Gasteiger partial charge in [-0.3, -0.25) is 10.1 Å². The summed E-state index contributed by atoms with van der Waals surface area (Å²) >= 11 is 0. The maximum absolute atomic E-state index is 13.6. The number of nitrogens with zero attached hydrogens (tertiary/aromatic N) is 1. The average Bonchev–Trinajstić information content (AvgIpc) is 2.44. The molecule has 3 N–H and O–H groups in total. The van der Waals surface area contributed by atoms with E-state index < -0.39 is 22.2 Å². The van der Waals surface area contributed by atoms with E-state index in [0.29, 0.717) is 6.07 Å². The average molecular weight is 299 g/mol. The second kappa shape index (κ2) is 6.80. The molecule has 5 nitrogen and oxygen atoms in total. The van der Waals surface area contributed by atoms with Crippen LogP contribution in [-0.4, -0.2) is 17.5 Å². The Kier molecular flexibility index (Phi) is 5.06. The maximum atomic E-state index is 13.6. The number of anilines is 1. The monoisotopic (exact) mass is 299 g/mol. The van der Waals surface area contributed by atoms with Crippen molar-refractivity contribution >= 4 is 11.4 Å². The molecule has 0 aliphatic heterocycles. The van der Waals surface area contributed by atoms with Gasteiger partial charge >= 0.3 is 5.69 Å². The Morgan fingerprint density at radius 1 is 1.33 bits per heavy atom. The fraction of sp³-hybridized carbons (Fsp3) is 0.571. The first-order chi connectivity index (χ1) is 10.0. The van der Waals surface area contributed by atoms with Crippen LogP contribution in [0.2, 0.25) is 0 Å². The number of nitro groups is 1. The van der Waals surface area contributed by atoms with Gasteiger partial charge in [-0.2, -0.15) is 4.39 Å². The second-order valence-electron chi connectivity index (χ2n) is 5.43. The molecule has 1 atom stereocenters. The van der Waals surface area contributed by atoms with Crippen molar-refractivity contribution in [2.24, 2.45) is 11.7 Å². The Morgan fingerprint density at radius 2 is 2.00 bits per heavy atom. The number of hydrogen-bond acceptors (Lipinski definition) is 4. The lowest BCUT2D eigenvalue weighted by molar-refractivity contribution is -0.386. The molecular formula is C14H19F2N3O2. The van der Waals surface area contributed by atoms with Crippen molar-refractivity contribution in [1.29, 1.82) is 0 Å². The first-order valence-electron chi connectivity index (χ1n) is 7.13. The molecule has 1 aromatic rings. The molecule has 0 radical (unpaired) electrons. The molecule has 0 spiro atoms. The van der Waals surface area contributed by atoms with Crippen LogP contribution in [0.5, 0.6) is 0 Å². The maximum Gasteiger partial charge on any atom is 0.327 e. The molecule has 7 heteroatoms. The molecule has 21 heavy (non-hydrogen) atoms. The van der Waals surface area contributed by atoms with Gasteiger partial charge in [-0.1, -0.05) is 19.3 Å². The molecule has 116 valence electrons. The number of nitrogens with one attached hydrogen (secondary N) is 1. The zero-order valence-corrected chi connectivity index (χ0v) is 11.6. The van der Waals surface area contributed by atoms with Crippen LogP contribution in [0.25, 0.3) is 0 Å². The Morgan fingerprint density at radius 3 is 2.57 bits per heavy atom. The van der Waals surface area contributed by atoms with Gasteiger partial charge < -0.3 is 11.1 Å². The van der Waals surface area contributed by atoms with Crippen molar-refractivity contribution in [3.63, 3.8) is 0 Å². The van der Waals surface area contributed by atoms with Crippen LogP contribution < -0.4 is 11.1 Å². The first-order valence-corrected chi connectivity index (χ1v) is 7.13. The molecule has 1 fully saturated rings. The number of benzene rings is 1. The van der Waals surface area contributed by atoms with Gasteiger partial charge in [0.1, 0.15) is 11.5 Å². The number of hydrogen-bond donors (Lipinski definition) is 2. The standard InChI is InChI=1S/C14H19F2N3O2/c15-10-6-11(16)14(19(20)21)12(7-10)18-13(8-17)9-4-2-1-3-5-9/h6-7,9,13,18H,1-5,8,17H2. The van der Waals surface area contributed by atoms with Crippen molar-refractivity contribution in [2.45, 2.75) is 38.1 Å². The number of rotatable bonds is 5. The molecule has 0 bridgehead atoms. The predicted octanol–water partition coefficient (Wildman–Crippen LogP) is 3.19. The number of nitrogens with two attached hydrogens (primary N) is 1. The summed E-state index contributed by atoms with van der Waals surface area (Å²) in [5.41, 5.74) is 4.86. The van der Waals surface area contributed by atoms with Crippen molar-refractivity contribution < 1.29 is 13.7 Å². The fourth-order valence-electron chi connectivity index (χ4n) is 2.97. The number of nitro benzene ring substituents is 1. The van der Waals surface area contributed by atoms with E-state index in [9.17, 15) is 18.9 Å². The zero-order chi connectivity index (χ0) is 15.4. The zero-order valence-electron chi connectivity index (χ0n) is 11.6. The molecule has 0 saturated heterocycles. The van der Waals surface area contributed by atoms with Gasteiger partial charge in [0.25, 0.3) is 0 Å². The highest BCUT2D eigenvalue weighted by Gasteiger charge is 2.27. The van der Waals surface area contributed by atoms with Crippen LogP contribution in [0.15, 0.2) is 12.1 Å². The topological polar surface area (TPSA) is 81.2 Å². The van der Waals surface area contributed by atoms with Gasteiger partial charge in [-0.05, 0) is 18.8 Å². The van der Waals surface area contributed by atoms with Crippen molar-refractivity contribution in [1.82, 2.24) is 0 Å². The van der Waals surface area contributed by atoms with Crippen molar-refractivity contribution in [3.8, 4) is 0 Å². The minimum Gasteiger partial charge on any atom is -0.375 e. The third-order valence-electron chi connectivity index (χ3n) is 4.02. The summed E-state index contributed by atoms with van der Waals surface area (Å²) in [6.45, 7) is 0.264. The van der Waals surface area contributed by atoms with Crippen LogP contribution >= 0.6 is 0 Å². The molecular weight excluding hydrogens is 280 g/mol. The lowest BCUT2D eigenvalue weighted by Crippen LogP contribution is -2.37. The van der Waals surface area contributed by atoms with Gasteiger partial charge in [0.05, 0.1) is 4.92 Å². The van der Waals surface area contributed by atoms with Crippen molar-refractivity contribution in [2.75, 3.05) is 11.9 Å². The smallest absolute Gasteiger partial charge is 0.327 e. The van der Waals surface area contributed by atoms with Gasteiger partial charge in [-0.25, -0.2) is 4.39 Å². The quantitative estimate of drug-likeness (QED) is 0.646. The summed E-state index contributed by atoms with van der Waals surface area (Å²) in [6.07, 6.45) is 5.29. The lowest BCUT2D eigenvalue weighted by Gasteiger charge is -2.30. The van der Waals surface area contributed by atoms with Crippen LogP contribution in [0.1, 0.15) is 32.1 Å². The van der Waals surface area contributed by atoms with Crippen LogP contribution in [-0.2, 0) is 0 Å². The molecule has 1 saturated carbocycles. The molecule has 0 heterocycles. The lowest BCUT2D eigenvalue weighted by atomic mass is 9.84. The van der Waals surface area contributed by atoms with E-state index in [2.05, 4.69) is 5.32 Å². The van der Waals surface area contributed by atoms with E-state index in [1.807, 2.05) is 0 Å². The highest BCUT2D eigenvalue weighted by molar-refractivity contribution is 5.62. The molecule has 1 aromatic carbocycles. The molecule has 2 rings (SSSR count). The van der Waals surface area contributed by atoms with Crippen LogP contribution in [0, 0.1) is 27.7 Å². The highest BCUT2D eigenvalue weighted by atomic mass is 19.1. The molecule has 0 aromatic heterocycles. The second-order valence-corrected chi connectivity index (χ2v) is 5.43. The summed E-state index contributed by atoms with van der Waals surface area (Å²) in [5.74, 6) is -1.75. The summed E-state index contributed by atoms with van der Waals surface area (Å²) in [5, 5.41) is 13.9. The summed E-state index contributed by atoms with van der Waals surface area (Å²) in [7, 11) is 0. The normalized spacial score (nSPS) is 17.5.